The van der Waals surface area contributed by atoms with Crippen molar-refractivity contribution in [2.45, 2.75) is 31.6 Å². The second kappa shape index (κ2) is 6.98. The molecule has 1 unspecified atom stereocenters. The van der Waals surface area contributed by atoms with Crippen LogP contribution in [0.15, 0.2) is 36.5 Å². The average molecular weight is 344 g/mol. The summed E-state index contributed by atoms with van der Waals surface area (Å²) in [4.78, 5) is 11.6. The lowest BCUT2D eigenvalue weighted by atomic mass is 9.99. The van der Waals surface area contributed by atoms with E-state index in [1.807, 2.05) is 36.5 Å². The zero-order valence-electron chi connectivity index (χ0n) is 13.7. The molecule has 0 bridgehead atoms. The zero-order chi connectivity index (χ0) is 16.4. The molecule has 1 saturated heterocycles. The lowest BCUT2D eigenvalue weighted by Crippen LogP contribution is -2.38. The molecular formula is C19H22ClN3O. The van der Waals surface area contributed by atoms with Crippen molar-refractivity contribution in [2.24, 2.45) is 5.92 Å². The van der Waals surface area contributed by atoms with Crippen molar-refractivity contribution in [2.75, 3.05) is 24.6 Å². The first kappa shape index (κ1) is 15.7. The molecule has 2 fully saturated rings. The Kier molecular flexibility index (Phi) is 4.56. The van der Waals surface area contributed by atoms with Gasteiger partial charge < -0.3 is 9.64 Å². The number of piperidine rings is 1. The van der Waals surface area contributed by atoms with E-state index >= 15 is 0 Å². The molecule has 4 nitrogen and oxygen atoms in total. The summed E-state index contributed by atoms with van der Waals surface area (Å²) < 4.78 is 5.94. The topological polar surface area (TPSA) is 38.2 Å². The number of halogens is 1. The molecule has 1 aromatic carbocycles. The molecule has 0 N–H and O–H groups in total. The number of para-hydroxylation sites is 1. The van der Waals surface area contributed by atoms with Gasteiger partial charge in [0.05, 0.1) is 11.6 Å². The molecule has 0 spiro atoms. The van der Waals surface area contributed by atoms with Crippen molar-refractivity contribution in [1.82, 2.24) is 9.97 Å². The van der Waals surface area contributed by atoms with Gasteiger partial charge in [-0.05, 0) is 43.9 Å². The number of benzene rings is 1. The zero-order valence-corrected chi connectivity index (χ0v) is 14.5. The third-order valence-electron chi connectivity index (χ3n) is 4.76. The van der Waals surface area contributed by atoms with E-state index in [-0.39, 0.29) is 0 Å². The maximum Gasteiger partial charge on any atom is 0.137 e. The van der Waals surface area contributed by atoms with Crippen LogP contribution in [0.5, 0.6) is 5.75 Å². The molecule has 2 aliphatic rings. The minimum atomic E-state index is 0.495. The van der Waals surface area contributed by atoms with Gasteiger partial charge in [0.25, 0.3) is 0 Å². The van der Waals surface area contributed by atoms with E-state index in [1.165, 1.54) is 25.7 Å². The van der Waals surface area contributed by atoms with Crippen LogP contribution in [-0.4, -0.2) is 29.7 Å². The van der Waals surface area contributed by atoms with Gasteiger partial charge in [-0.3, -0.25) is 0 Å². The molecule has 2 heterocycles. The van der Waals surface area contributed by atoms with E-state index in [2.05, 4.69) is 9.88 Å². The third kappa shape index (κ3) is 3.64. The second-order valence-corrected chi connectivity index (χ2v) is 7.15. The Balaban J connectivity index is 1.38. The van der Waals surface area contributed by atoms with E-state index in [4.69, 9.17) is 21.3 Å². The van der Waals surface area contributed by atoms with Gasteiger partial charge in [-0.1, -0.05) is 23.7 Å². The number of hydrogen-bond acceptors (Lipinski definition) is 4. The Morgan fingerprint density at radius 1 is 1.17 bits per heavy atom. The normalized spacial score (nSPS) is 20.9. The lowest BCUT2D eigenvalue weighted by molar-refractivity contribution is 0.228. The van der Waals surface area contributed by atoms with Crippen molar-refractivity contribution in [3.8, 4) is 5.75 Å². The van der Waals surface area contributed by atoms with Crippen LogP contribution in [0.3, 0.4) is 0 Å². The number of hydrogen-bond donors (Lipinski definition) is 0. The Labute approximate surface area is 147 Å². The smallest absolute Gasteiger partial charge is 0.137 e. The van der Waals surface area contributed by atoms with E-state index in [0.29, 0.717) is 23.5 Å². The molecule has 1 atom stereocenters. The van der Waals surface area contributed by atoms with Crippen LogP contribution in [0, 0.1) is 5.92 Å². The van der Waals surface area contributed by atoms with Crippen LogP contribution in [0.25, 0.3) is 0 Å². The lowest BCUT2D eigenvalue weighted by Gasteiger charge is -2.33. The van der Waals surface area contributed by atoms with Gasteiger partial charge in [0, 0.05) is 31.1 Å². The molecule has 24 heavy (non-hydrogen) atoms. The fraction of sp³-hybridized carbons (Fsp3) is 0.474. The Morgan fingerprint density at radius 3 is 2.88 bits per heavy atom. The quantitative estimate of drug-likeness (QED) is 0.811. The Morgan fingerprint density at radius 2 is 2.04 bits per heavy atom. The Hall–Kier alpha value is -1.81. The summed E-state index contributed by atoms with van der Waals surface area (Å²) in [6, 6.07) is 9.70. The average Bonchev–Trinajstić information content (AvgIpc) is 3.47. The van der Waals surface area contributed by atoms with Crippen molar-refractivity contribution < 1.29 is 4.74 Å². The van der Waals surface area contributed by atoms with E-state index in [9.17, 15) is 0 Å². The number of nitrogens with zero attached hydrogens (tertiary/aromatic N) is 3. The minimum absolute atomic E-state index is 0.495. The molecule has 126 valence electrons. The van der Waals surface area contributed by atoms with Gasteiger partial charge in [0.1, 0.15) is 17.4 Å². The first-order chi connectivity index (χ1) is 11.8. The molecule has 0 radical (unpaired) electrons. The predicted octanol–water partition coefficient (Wildman–Crippen LogP) is 4.30. The minimum Gasteiger partial charge on any atom is -0.492 e. The second-order valence-electron chi connectivity index (χ2n) is 6.74. The highest BCUT2D eigenvalue weighted by atomic mass is 35.5. The van der Waals surface area contributed by atoms with Crippen LogP contribution >= 0.6 is 11.6 Å². The standard InChI is InChI=1S/C19H22ClN3O/c20-16-5-1-2-6-17(16)24-13-14-4-3-11-23(12-14)18-9-10-21-19(22-18)15-7-8-15/h1-2,5-6,9-10,14-15H,3-4,7-8,11-13H2. The summed E-state index contributed by atoms with van der Waals surface area (Å²) in [7, 11) is 0. The molecule has 5 heteroatoms. The molecule has 2 aromatic rings. The molecule has 4 rings (SSSR count). The summed E-state index contributed by atoms with van der Waals surface area (Å²) in [6.45, 7) is 2.73. The van der Waals surface area contributed by atoms with Gasteiger partial charge in [0.2, 0.25) is 0 Å². The van der Waals surface area contributed by atoms with E-state index in [1.54, 1.807) is 0 Å². The van der Waals surface area contributed by atoms with Crippen molar-refractivity contribution in [1.29, 1.82) is 0 Å². The van der Waals surface area contributed by atoms with Crippen LogP contribution < -0.4 is 9.64 Å². The maximum atomic E-state index is 6.17. The molecule has 1 aliphatic carbocycles. The molecule has 1 aliphatic heterocycles. The van der Waals surface area contributed by atoms with Crippen LogP contribution in [0.1, 0.15) is 37.4 Å². The summed E-state index contributed by atoms with van der Waals surface area (Å²) in [6.07, 6.45) is 6.72. The first-order valence-corrected chi connectivity index (χ1v) is 9.12. The van der Waals surface area contributed by atoms with Crippen LogP contribution in [0.2, 0.25) is 5.02 Å². The summed E-state index contributed by atoms with van der Waals surface area (Å²) >= 11 is 6.17. The van der Waals surface area contributed by atoms with Crippen LogP contribution in [0.4, 0.5) is 5.82 Å². The fourth-order valence-electron chi connectivity index (χ4n) is 3.26. The van der Waals surface area contributed by atoms with Gasteiger partial charge in [0.15, 0.2) is 0 Å². The van der Waals surface area contributed by atoms with Crippen molar-refractivity contribution in [3.05, 3.63) is 47.4 Å². The highest BCUT2D eigenvalue weighted by Gasteiger charge is 2.28. The van der Waals surface area contributed by atoms with Crippen molar-refractivity contribution >= 4 is 17.4 Å². The van der Waals surface area contributed by atoms with Crippen molar-refractivity contribution in [3.63, 3.8) is 0 Å². The largest absolute Gasteiger partial charge is 0.492 e. The van der Waals surface area contributed by atoms with Gasteiger partial charge in [-0.25, -0.2) is 9.97 Å². The van der Waals surface area contributed by atoms with E-state index in [0.717, 1.165) is 30.5 Å². The predicted molar refractivity (Wildman–Crippen MR) is 95.9 cm³/mol. The van der Waals surface area contributed by atoms with Gasteiger partial charge in [-0.2, -0.15) is 0 Å². The van der Waals surface area contributed by atoms with E-state index < -0.39 is 0 Å². The highest BCUT2D eigenvalue weighted by Crippen LogP contribution is 2.38. The monoisotopic (exact) mass is 343 g/mol. The number of rotatable bonds is 5. The first-order valence-electron chi connectivity index (χ1n) is 8.75. The third-order valence-corrected chi connectivity index (χ3v) is 5.07. The summed E-state index contributed by atoms with van der Waals surface area (Å²) in [5.74, 6) is 3.94. The summed E-state index contributed by atoms with van der Waals surface area (Å²) in [5.41, 5.74) is 0. The number of anilines is 1. The number of ether oxygens (including phenoxy) is 1. The highest BCUT2D eigenvalue weighted by molar-refractivity contribution is 6.32. The molecule has 1 saturated carbocycles. The van der Waals surface area contributed by atoms with Gasteiger partial charge in [-0.15, -0.1) is 0 Å². The molecular weight excluding hydrogens is 322 g/mol. The fourth-order valence-corrected chi connectivity index (χ4v) is 3.45. The maximum absolute atomic E-state index is 6.17. The SMILES string of the molecule is Clc1ccccc1OCC1CCCN(c2ccnc(C3CC3)n2)C1. The molecule has 0 amide bonds. The number of aromatic nitrogens is 2. The van der Waals surface area contributed by atoms with Crippen LogP contribution in [-0.2, 0) is 0 Å². The Bertz CT molecular complexity index is 705. The summed E-state index contributed by atoms with van der Waals surface area (Å²) in [5, 5.41) is 0.676. The molecule has 1 aromatic heterocycles. The van der Waals surface area contributed by atoms with Gasteiger partial charge >= 0.3 is 0 Å².